The maximum Gasteiger partial charge on any atom is 0.262 e. The van der Waals surface area contributed by atoms with Gasteiger partial charge in [-0.15, -0.1) is 0 Å². The number of hydrogen-bond acceptors (Lipinski definition) is 6. The summed E-state index contributed by atoms with van der Waals surface area (Å²) in [5.41, 5.74) is 1.39. The van der Waals surface area contributed by atoms with Gasteiger partial charge in [0.25, 0.3) is 15.9 Å². The molecular formula is C20H24N2O6S. The molecule has 0 aliphatic carbocycles. The Labute approximate surface area is 170 Å². The monoisotopic (exact) mass is 420 g/mol. The molecule has 0 bridgehead atoms. The van der Waals surface area contributed by atoms with E-state index < -0.39 is 10.0 Å². The summed E-state index contributed by atoms with van der Waals surface area (Å²) >= 11 is 0. The fraction of sp³-hybridized carbons (Fsp3) is 0.350. The third-order valence-corrected chi connectivity index (χ3v) is 5.97. The minimum atomic E-state index is -3.96. The Morgan fingerprint density at radius 1 is 1.03 bits per heavy atom. The van der Waals surface area contributed by atoms with Gasteiger partial charge in [0, 0.05) is 13.1 Å². The van der Waals surface area contributed by atoms with E-state index in [1.54, 1.807) is 17.0 Å². The molecule has 0 aromatic heterocycles. The van der Waals surface area contributed by atoms with E-state index in [9.17, 15) is 13.2 Å². The summed E-state index contributed by atoms with van der Waals surface area (Å²) in [5.74, 6) is 0.418. The molecule has 0 saturated carbocycles. The standard InChI is InChI=1S/C20H24N2O6S/c1-14-4-6-19(27-3)17(12-14)21-29(24,25)15-5-7-18(26-2)16(13-15)20(23)22-8-10-28-11-9-22/h4-7,12-13,21H,8-11H2,1-3H3. The summed E-state index contributed by atoms with van der Waals surface area (Å²) in [6.45, 7) is 3.63. The first-order chi connectivity index (χ1) is 13.9. The van der Waals surface area contributed by atoms with E-state index in [1.807, 2.05) is 13.0 Å². The average Bonchev–Trinajstić information content (AvgIpc) is 2.73. The van der Waals surface area contributed by atoms with Gasteiger partial charge in [-0.2, -0.15) is 0 Å². The molecule has 2 aromatic rings. The van der Waals surface area contributed by atoms with Crippen molar-refractivity contribution >= 4 is 21.6 Å². The van der Waals surface area contributed by atoms with Crippen molar-refractivity contribution in [1.29, 1.82) is 0 Å². The highest BCUT2D eigenvalue weighted by Gasteiger charge is 2.25. The topological polar surface area (TPSA) is 94.2 Å². The minimum absolute atomic E-state index is 0.0431. The zero-order valence-corrected chi connectivity index (χ0v) is 17.4. The van der Waals surface area contributed by atoms with Crippen molar-refractivity contribution in [3.63, 3.8) is 0 Å². The van der Waals surface area contributed by atoms with Gasteiger partial charge in [-0.05, 0) is 42.8 Å². The quantitative estimate of drug-likeness (QED) is 0.771. The van der Waals surface area contributed by atoms with E-state index in [2.05, 4.69) is 4.72 Å². The summed E-state index contributed by atoms with van der Waals surface area (Å²) in [6, 6.07) is 9.41. The first kappa shape index (κ1) is 20.9. The van der Waals surface area contributed by atoms with Crippen molar-refractivity contribution in [3.05, 3.63) is 47.5 Å². The number of carbonyl (C=O) groups is 1. The van der Waals surface area contributed by atoms with E-state index in [0.717, 1.165) is 5.56 Å². The SMILES string of the molecule is COc1ccc(C)cc1NS(=O)(=O)c1ccc(OC)c(C(=O)N2CCOCC2)c1. The number of amides is 1. The molecule has 0 unspecified atom stereocenters. The molecule has 1 N–H and O–H groups in total. The number of ether oxygens (including phenoxy) is 3. The van der Waals surface area contributed by atoms with Crippen LogP contribution in [0.15, 0.2) is 41.3 Å². The average molecular weight is 420 g/mol. The van der Waals surface area contributed by atoms with Gasteiger partial charge in [-0.25, -0.2) is 8.42 Å². The number of benzene rings is 2. The molecule has 1 saturated heterocycles. The lowest BCUT2D eigenvalue weighted by Gasteiger charge is -2.27. The molecule has 0 spiro atoms. The lowest BCUT2D eigenvalue weighted by Crippen LogP contribution is -2.40. The Morgan fingerprint density at radius 2 is 1.69 bits per heavy atom. The molecule has 9 heteroatoms. The molecule has 0 radical (unpaired) electrons. The van der Waals surface area contributed by atoms with Crippen LogP contribution in [-0.2, 0) is 14.8 Å². The van der Waals surface area contributed by atoms with Crippen LogP contribution in [-0.4, -0.2) is 59.7 Å². The molecule has 3 rings (SSSR count). The van der Waals surface area contributed by atoms with Gasteiger partial charge < -0.3 is 19.1 Å². The van der Waals surface area contributed by atoms with Gasteiger partial charge in [0.15, 0.2) is 0 Å². The van der Waals surface area contributed by atoms with Crippen LogP contribution in [0.1, 0.15) is 15.9 Å². The Morgan fingerprint density at radius 3 is 2.34 bits per heavy atom. The molecule has 2 aromatic carbocycles. The van der Waals surface area contributed by atoms with Crippen LogP contribution in [0.3, 0.4) is 0 Å². The lowest BCUT2D eigenvalue weighted by molar-refractivity contribution is 0.0300. The maximum absolute atomic E-state index is 13.0. The molecule has 1 heterocycles. The number of nitrogens with one attached hydrogen (secondary N) is 1. The zero-order valence-electron chi connectivity index (χ0n) is 16.6. The number of rotatable bonds is 6. The number of nitrogens with zero attached hydrogens (tertiary/aromatic N) is 1. The predicted molar refractivity (Wildman–Crippen MR) is 108 cm³/mol. The van der Waals surface area contributed by atoms with Crippen LogP contribution in [0.5, 0.6) is 11.5 Å². The normalized spacial score (nSPS) is 14.4. The molecule has 156 valence electrons. The van der Waals surface area contributed by atoms with Crippen LogP contribution in [0, 0.1) is 6.92 Å². The van der Waals surface area contributed by atoms with Crippen molar-refractivity contribution in [1.82, 2.24) is 4.90 Å². The second-order valence-electron chi connectivity index (χ2n) is 6.58. The van der Waals surface area contributed by atoms with Crippen molar-refractivity contribution in [3.8, 4) is 11.5 Å². The van der Waals surface area contributed by atoms with Gasteiger partial charge in [-0.1, -0.05) is 6.07 Å². The van der Waals surface area contributed by atoms with Crippen LogP contribution in [0.2, 0.25) is 0 Å². The lowest BCUT2D eigenvalue weighted by atomic mass is 10.1. The van der Waals surface area contributed by atoms with Crippen molar-refractivity contribution in [2.75, 3.05) is 45.2 Å². The van der Waals surface area contributed by atoms with E-state index in [-0.39, 0.29) is 16.4 Å². The second kappa shape index (κ2) is 8.71. The summed E-state index contributed by atoms with van der Waals surface area (Å²) in [5, 5.41) is 0. The van der Waals surface area contributed by atoms with Gasteiger partial charge in [0.1, 0.15) is 11.5 Å². The van der Waals surface area contributed by atoms with Crippen molar-refractivity contribution in [2.45, 2.75) is 11.8 Å². The maximum atomic E-state index is 13.0. The minimum Gasteiger partial charge on any atom is -0.496 e. The van der Waals surface area contributed by atoms with Gasteiger partial charge in [0.2, 0.25) is 0 Å². The Bertz CT molecular complexity index is 1000. The fourth-order valence-electron chi connectivity index (χ4n) is 3.06. The van der Waals surface area contributed by atoms with Gasteiger partial charge in [-0.3, -0.25) is 9.52 Å². The summed E-state index contributed by atoms with van der Waals surface area (Å²) in [6.07, 6.45) is 0. The Kier molecular flexibility index (Phi) is 6.29. The summed E-state index contributed by atoms with van der Waals surface area (Å²) in [4.78, 5) is 14.5. The molecule has 8 nitrogen and oxygen atoms in total. The number of methoxy groups -OCH3 is 2. The Hall–Kier alpha value is -2.78. The highest BCUT2D eigenvalue weighted by Crippen LogP contribution is 2.30. The second-order valence-corrected chi connectivity index (χ2v) is 8.26. The van der Waals surface area contributed by atoms with Crippen LogP contribution >= 0.6 is 0 Å². The zero-order chi connectivity index (χ0) is 21.0. The fourth-order valence-corrected chi connectivity index (χ4v) is 4.15. The predicted octanol–water partition coefficient (Wildman–Crippen LogP) is 2.29. The third kappa shape index (κ3) is 4.63. The van der Waals surface area contributed by atoms with E-state index in [4.69, 9.17) is 14.2 Å². The molecule has 1 aliphatic rings. The number of hydrogen-bond donors (Lipinski definition) is 1. The van der Waals surface area contributed by atoms with E-state index in [0.29, 0.717) is 43.5 Å². The first-order valence-electron chi connectivity index (χ1n) is 9.08. The van der Waals surface area contributed by atoms with E-state index >= 15 is 0 Å². The third-order valence-electron chi connectivity index (χ3n) is 4.61. The summed E-state index contributed by atoms with van der Waals surface area (Å²) < 4.78 is 44.3. The van der Waals surface area contributed by atoms with Gasteiger partial charge in [0.05, 0.1) is 43.6 Å². The number of morpholine rings is 1. The number of anilines is 1. The molecular weight excluding hydrogens is 396 g/mol. The van der Waals surface area contributed by atoms with Crippen molar-refractivity contribution in [2.24, 2.45) is 0 Å². The van der Waals surface area contributed by atoms with E-state index in [1.165, 1.54) is 32.4 Å². The van der Waals surface area contributed by atoms with Crippen molar-refractivity contribution < 1.29 is 27.4 Å². The van der Waals surface area contributed by atoms with Crippen LogP contribution in [0.25, 0.3) is 0 Å². The molecule has 1 fully saturated rings. The van der Waals surface area contributed by atoms with Crippen LogP contribution < -0.4 is 14.2 Å². The molecule has 0 atom stereocenters. The molecule has 1 aliphatic heterocycles. The molecule has 1 amide bonds. The van der Waals surface area contributed by atoms with Crippen LogP contribution in [0.4, 0.5) is 5.69 Å². The number of carbonyl (C=O) groups excluding carboxylic acids is 1. The Balaban J connectivity index is 1.95. The number of aryl methyl sites for hydroxylation is 1. The smallest absolute Gasteiger partial charge is 0.262 e. The highest BCUT2D eigenvalue weighted by atomic mass is 32.2. The summed E-state index contributed by atoms with van der Waals surface area (Å²) in [7, 11) is -1.05. The highest BCUT2D eigenvalue weighted by molar-refractivity contribution is 7.92. The number of sulfonamides is 1. The first-order valence-corrected chi connectivity index (χ1v) is 10.6. The van der Waals surface area contributed by atoms with Gasteiger partial charge >= 0.3 is 0 Å². The molecule has 29 heavy (non-hydrogen) atoms. The largest absolute Gasteiger partial charge is 0.496 e.